The zero-order valence-electron chi connectivity index (χ0n) is 15.7. The highest BCUT2D eigenvalue weighted by Gasteiger charge is 2.37. The number of aromatic nitrogens is 2. The van der Waals surface area contributed by atoms with Crippen LogP contribution in [0.25, 0.3) is 10.9 Å². The van der Waals surface area contributed by atoms with Crippen LogP contribution in [0.15, 0.2) is 82.8 Å². The Morgan fingerprint density at radius 3 is 2.83 bits per heavy atom. The lowest BCUT2D eigenvalue weighted by Gasteiger charge is -2.24. The van der Waals surface area contributed by atoms with Gasteiger partial charge in [0.2, 0.25) is 0 Å². The van der Waals surface area contributed by atoms with Crippen LogP contribution in [0.2, 0.25) is 0 Å². The van der Waals surface area contributed by atoms with Gasteiger partial charge >= 0.3 is 0 Å². The molecule has 1 radical (unpaired) electrons. The summed E-state index contributed by atoms with van der Waals surface area (Å²) in [6, 6.07) is 17.1. The predicted molar refractivity (Wildman–Crippen MR) is 117 cm³/mol. The molecule has 1 aromatic heterocycles. The second-order valence-corrected chi connectivity index (χ2v) is 8.60. The fourth-order valence-corrected chi connectivity index (χ4v) is 4.60. The van der Waals surface area contributed by atoms with E-state index in [-0.39, 0.29) is 0 Å². The van der Waals surface area contributed by atoms with Crippen LogP contribution in [-0.2, 0) is 0 Å². The third-order valence-electron chi connectivity index (χ3n) is 5.41. The maximum absolute atomic E-state index is 4.53. The van der Waals surface area contributed by atoms with Crippen molar-refractivity contribution in [1.82, 2.24) is 19.4 Å². The van der Waals surface area contributed by atoms with Gasteiger partial charge in [-0.05, 0) is 65.4 Å². The van der Waals surface area contributed by atoms with E-state index in [4.69, 9.17) is 0 Å². The molecule has 3 aliphatic rings. The average Bonchev–Trinajstić information content (AvgIpc) is 3.35. The van der Waals surface area contributed by atoms with Gasteiger partial charge in [0.05, 0.1) is 17.9 Å². The topological polar surface area (TPSA) is 62.2 Å². The number of rotatable bonds is 5. The first-order valence-corrected chi connectivity index (χ1v) is 10.6. The van der Waals surface area contributed by atoms with Gasteiger partial charge in [0.15, 0.2) is 12.0 Å². The Hall–Kier alpha value is -3.03. The highest BCUT2D eigenvalue weighted by atomic mass is 32.2. The molecule has 7 heteroatoms. The molecule has 0 spiro atoms. The van der Waals surface area contributed by atoms with Crippen LogP contribution in [-0.4, -0.2) is 26.9 Å². The van der Waals surface area contributed by atoms with Crippen molar-refractivity contribution in [1.29, 1.82) is 0 Å². The molecule has 3 heterocycles. The molecule has 0 saturated heterocycles. The molecule has 3 aromatic rings. The van der Waals surface area contributed by atoms with E-state index in [1.165, 1.54) is 23.3 Å². The van der Waals surface area contributed by atoms with Gasteiger partial charge in [-0.15, -0.1) is 0 Å². The van der Waals surface area contributed by atoms with Crippen molar-refractivity contribution in [3.8, 4) is 0 Å². The van der Waals surface area contributed by atoms with Gasteiger partial charge in [-0.3, -0.25) is 14.7 Å². The van der Waals surface area contributed by atoms with Gasteiger partial charge in [0.1, 0.15) is 6.54 Å². The molecule has 2 aliphatic heterocycles. The van der Waals surface area contributed by atoms with E-state index in [0.29, 0.717) is 0 Å². The standard InChI is InChI=1S/C22H20N6S/c1-2-4-19-18(3-1)22(26-25-19)24-21-14-27(13-20-23-11-12-28(20)21)29-17-9-7-16(8-10-17)15-5-6-15/h1-4,7-12,14-15H,5-6,13H2,(H2,24,25,26)/q+1. The first-order chi connectivity index (χ1) is 14.3. The van der Waals surface area contributed by atoms with Crippen molar-refractivity contribution >= 4 is 34.5 Å². The van der Waals surface area contributed by atoms with Crippen LogP contribution in [0, 0.1) is 0 Å². The maximum atomic E-state index is 4.53. The number of nitrogens with one attached hydrogen (secondary N) is 2. The number of aromatic amines is 1. The Morgan fingerprint density at radius 1 is 1.10 bits per heavy atom. The number of hydrogen-bond donors (Lipinski definition) is 2. The number of hydrogen-bond acceptors (Lipinski definition) is 6. The second-order valence-electron chi connectivity index (χ2n) is 7.48. The number of anilines is 1. The summed E-state index contributed by atoms with van der Waals surface area (Å²) < 4.78 is 2.21. The summed E-state index contributed by atoms with van der Waals surface area (Å²) in [5, 5.41) is 12.1. The molecule has 2 aromatic carbocycles. The van der Waals surface area contributed by atoms with E-state index in [0.717, 1.165) is 40.8 Å². The van der Waals surface area contributed by atoms with Crippen LogP contribution >= 0.6 is 11.9 Å². The van der Waals surface area contributed by atoms with Crippen LogP contribution in [0.4, 0.5) is 5.82 Å². The second kappa shape index (κ2) is 6.79. The molecule has 0 bridgehead atoms. The quantitative estimate of drug-likeness (QED) is 0.481. The molecule has 0 amide bonds. The highest BCUT2D eigenvalue weighted by molar-refractivity contribution is 7.97. The first-order valence-electron chi connectivity index (χ1n) is 9.83. The van der Waals surface area contributed by atoms with Crippen molar-refractivity contribution in [3.63, 3.8) is 0 Å². The minimum atomic E-state index is 0.745. The van der Waals surface area contributed by atoms with Crippen LogP contribution < -0.4 is 10.2 Å². The average molecular weight is 401 g/mol. The third-order valence-corrected chi connectivity index (χ3v) is 6.36. The lowest BCUT2D eigenvalue weighted by atomic mass is 10.1. The number of para-hydroxylation sites is 1. The van der Waals surface area contributed by atoms with Gasteiger partial charge in [-0.25, -0.2) is 0 Å². The monoisotopic (exact) mass is 400 g/mol. The molecule has 1 aliphatic carbocycles. The molecule has 1 fully saturated rings. The SMILES string of the molecule is C1=C[N+]2C(Nc3n[nH]c4ccccc34)=CN(Sc3ccc(C4CC4)cc3)CC2=N1. The smallest absolute Gasteiger partial charge is 0.285 e. The summed E-state index contributed by atoms with van der Waals surface area (Å²) in [7, 11) is 0. The zero-order valence-corrected chi connectivity index (χ0v) is 16.6. The van der Waals surface area contributed by atoms with E-state index < -0.39 is 0 Å². The Labute approximate surface area is 173 Å². The molecule has 6 rings (SSSR count). The van der Waals surface area contributed by atoms with Gasteiger partial charge < -0.3 is 0 Å². The number of benzene rings is 2. The Balaban J connectivity index is 1.27. The molecule has 6 nitrogen and oxygen atoms in total. The van der Waals surface area contributed by atoms with Gasteiger partial charge in [-0.2, -0.15) is 10.1 Å². The molecular formula is C22H20N6S+. The highest BCUT2D eigenvalue weighted by Crippen LogP contribution is 2.40. The van der Waals surface area contributed by atoms with Crippen molar-refractivity contribution in [3.05, 3.63) is 78.5 Å². The maximum Gasteiger partial charge on any atom is 0.285 e. The number of H-pyrrole nitrogens is 1. The van der Waals surface area contributed by atoms with Crippen molar-refractivity contribution < 1.29 is 0 Å². The van der Waals surface area contributed by atoms with E-state index in [1.807, 2.05) is 30.6 Å². The molecule has 2 N–H and O–H groups in total. The van der Waals surface area contributed by atoms with Gasteiger partial charge in [0.25, 0.3) is 11.7 Å². The van der Waals surface area contributed by atoms with Crippen LogP contribution in [0.3, 0.4) is 0 Å². The predicted octanol–water partition coefficient (Wildman–Crippen LogP) is 4.70. The molecule has 0 unspecified atom stereocenters. The molecule has 29 heavy (non-hydrogen) atoms. The summed E-state index contributed by atoms with van der Waals surface area (Å²) in [5.74, 6) is 3.53. The van der Waals surface area contributed by atoms with Crippen molar-refractivity contribution in [2.24, 2.45) is 4.99 Å². The lowest BCUT2D eigenvalue weighted by Crippen LogP contribution is -2.42. The number of amidine groups is 1. The zero-order chi connectivity index (χ0) is 19.2. The van der Waals surface area contributed by atoms with E-state index in [2.05, 4.69) is 66.2 Å². The number of fused-ring (bicyclic) bond motifs is 2. The summed E-state index contributed by atoms with van der Waals surface area (Å²) in [6.07, 6.45) is 8.61. The van der Waals surface area contributed by atoms with Gasteiger partial charge in [-0.1, -0.05) is 24.3 Å². The van der Waals surface area contributed by atoms with E-state index in [9.17, 15) is 0 Å². The first kappa shape index (κ1) is 16.9. The normalized spacial score (nSPS) is 18.7. The van der Waals surface area contributed by atoms with Crippen molar-refractivity contribution in [2.45, 2.75) is 23.7 Å². The minimum absolute atomic E-state index is 0.745. The molecular weight excluding hydrogens is 380 g/mol. The summed E-state index contributed by atoms with van der Waals surface area (Å²) >= 11 is 1.73. The summed E-state index contributed by atoms with van der Waals surface area (Å²) in [6.45, 7) is 0.745. The lowest BCUT2D eigenvalue weighted by molar-refractivity contribution is 0.635. The molecule has 143 valence electrons. The van der Waals surface area contributed by atoms with E-state index >= 15 is 0 Å². The fourth-order valence-electron chi connectivity index (χ4n) is 3.74. The van der Waals surface area contributed by atoms with Crippen LogP contribution in [0.5, 0.6) is 0 Å². The third kappa shape index (κ3) is 3.22. The Morgan fingerprint density at radius 2 is 1.97 bits per heavy atom. The number of nitrogens with zero attached hydrogens (tertiary/aromatic N) is 4. The summed E-state index contributed by atoms with van der Waals surface area (Å²) in [4.78, 5) is 7.85. The fraction of sp³-hybridized carbons (Fsp3) is 0.182. The summed E-state index contributed by atoms with van der Waals surface area (Å²) in [5.41, 5.74) is 2.48. The van der Waals surface area contributed by atoms with Crippen LogP contribution in [0.1, 0.15) is 24.3 Å². The van der Waals surface area contributed by atoms with Gasteiger partial charge in [0, 0.05) is 10.3 Å². The Kier molecular flexibility index (Phi) is 3.95. The number of aliphatic imine (C=N–C) groups is 1. The minimum Gasteiger partial charge on any atom is -0.300 e. The molecule has 1 saturated carbocycles. The Bertz CT molecular complexity index is 1160. The molecule has 0 atom stereocenters. The van der Waals surface area contributed by atoms with E-state index in [1.54, 1.807) is 11.9 Å². The van der Waals surface area contributed by atoms with Crippen molar-refractivity contribution in [2.75, 3.05) is 11.9 Å². The largest absolute Gasteiger partial charge is 0.300 e.